The van der Waals surface area contributed by atoms with Gasteiger partial charge in [0.1, 0.15) is 15.7 Å². The van der Waals surface area contributed by atoms with Gasteiger partial charge in [-0.25, -0.2) is 13.4 Å². The van der Waals surface area contributed by atoms with E-state index in [2.05, 4.69) is 32.3 Å². The first-order valence-electron chi connectivity index (χ1n) is 9.45. The van der Waals surface area contributed by atoms with Crippen LogP contribution in [0.25, 0.3) is 0 Å². The van der Waals surface area contributed by atoms with Gasteiger partial charge in [0.25, 0.3) is 0 Å². The second-order valence-corrected chi connectivity index (χ2v) is 10.1. The quantitative estimate of drug-likeness (QED) is 0.743. The van der Waals surface area contributed by atoms with Gasteiger partial charge in [-0.3, -0.25) is 5.10 Å². The Balaban J connectivity index is 1.72. The zero-order chi connectivity index (χ0) is 19.9. The summed E-state index contributed by atoms with van der Waals surface area (Å²) in [6.07, 6.45) is 2.91. The van der Waals surface area contributed by atoms with Crippen molar-refractivity contribution in [1.82, 2.24) is 20.2 Å². The summed E-state index contributed by atoms with van der Waals surface area (Å²) in [4.78, 5) is 11.6. The van der Waals surface area contributed by atoms with Gasteiger partial charge in [0.2, 0.25) is 5.95 Å². The Labute approximate surface area is 164 Å². The standard InChI is InChI=1S/C18H26N6O3S/c1-12-8-15(23-22-12)20-17-19-14(18(4-5-18)11-28(3,25)26)9-16(21-17)24-6-7-27-10-13(24)2/h8-9,13H,4-7,10-11H2,1-3H3,(H2,19,20,21,22,23)/t13-/m1/s1. The largest absolute Gasteiger partial charge is 0.377 e. The number of H-pyrrole nitrogens is 1. The molecule has 1 saturated heterocycles. The Hall–Kier alpha value is -2.20. The number of aromatic nitrogens is 4. The summed E-state index contributed by atoms with van der Waals surface area (Å²) in [6, 6.07) is 4.00. The molecule has 2 N–H and O–H groups in total. The molecule has 0 bridgehead atoms. The molecule has 0 radical (unpaired) electrons. The van der Waals surface area contributed by atoms with Gasteiger partial charge in [-0.2, -0.15) is 10.1 Å². The van der Waals surface area contributed by atoms with Crippen molar-refractivity contribution in [2.45, 2.75) is 38.1 Å². The summed E-state index contributed by atoms with van der Waals surface area (Å²) in [5.41, 5.74) is 1.28. The maximum absolute atomic E-state index is 12.0. The van der Waals surface area contributed by atoms with Crippen LogP contribution < -0.4 is 10.2 Å². The van der Waals surface area contributed by atoms with Gasteiger partial charge in [0.15, 0.2) is 5.82 Å². The summed E-state index contributed by atoms with van der Waals surface area (Å²) >= 11 is 0. The molecule has 2 fully saturated rings. The molecule has 152 valence electrons. The molecule has 9 nitrogen and oxygen atoms in total. The van der Waals surface area contributed by atoms with Crippen LogP contribution in [0.1, 0.15) is 31.2 Å². The fourth-order valence-corrected chi connectivity index (χ4v) is 5.14. The van der Waals surface area contributed by atoms with Crippen molar-refractivity contribution in [1.29, 1.82) is 0 Å². The predicted molar refractivity (Wildman–Crippen MR) is 107 cm³/mol. The molecule has 1 aliphatic heterocycles. The van der Waals surface area contributed by atoms with Gasteiger partial charge < -0.3 is 15.0 Å². The normalized spacial score (nSPS) is 21.5. The minimum atomic E-state index is -3.12. The van der Waals surface area contributed by atoms with Gasteiger partial charge in [0.05, 0.1) is 30.7 Å². The van der Waals surface area contributed by atoms with Crippen molar-refractivity contribution in [3.63, 3.8) is 0 Å². The van der Waals surface area contributed by atoms with Crippen LogP contribution in [0.2, 0.25) is 0 Å². The molecule has 3 heterocycles. The topological polar surface area (TPSA) is 113 Å². The van der Waals surface area contributed by atoms with Crippen molar-refractivity contribution in [3.05, 3.63) is 23.5 Å². The molecule has 2 aliphatic rings. The number of sulfone groups is 1. The van der Waals surface area contributed by atoms with E-state index in [0.29, 0.717) is 25.0 Å². The number of aryl methyl sites for hydroxylation is 1. The highest BCUT2D eigenvalue weighted by atomic mass is 32.2. The average molecular weight is 407 g/mol. The fraction of sp³-hybridized carbons (Fsp3) is 0.611. The summed E-state index contributed by atoms with van der Waals surface area (Å²) in [5.74, 6) is 1.95. The number of nitrogens with zero attached hydrogens (tertiary/aromatic N) is 4. The molecule has 10 heteroatoms. The lowest BCUT2D eigenvalue weighted by atomic mass is 10.0. The lowest BCUT2D eigenvalue weighted by Crippen LogP contribution is -2.44. The second-order valence-electron chi connectivity index (χ2n) is 7.96. The Morgan fingerprint density at radius 2 is 2.14 bits per heavy atom. The number of ether oxygens (including phenoxy) is 1. The minimum absolute atomic E-state index is 0.107. The summed E-state index contributed by atoms with van der Waals surface area (Å²) in [6.45, 7) is 6.02. The summed E-state index contributed by atoms with van der Waals surface area (Å²) in [7, 11) is -3.12. The molecule has 4 rings (SSSR count). The van der Waals surface area contributed by atoms with Crippen LogP contribution in [0, 0.1) is 6.92 Å². The van der Waals surface area contributed by atoms with Crippen molar-refractivity contribution in [2.24, 2.45) is 0 Å². The van der Waals surface area contributed by atoms with E-state index >= 15 is 0 Å². The molecule has 0 unspecified atom stereocenters. The Kier molecular flexibility index (Phi) is 4.78. The first-order chi connectivity index (χ1) is 13.2. The molecule has 1 saturated carbocycles. The lowest BCUT2D eigenvalue weighted by molar-refractivity contribution is 0.0985. The Bertz CT molecular complexity index is 969. The zero-order valence-electron chi connectivity index (χ0n) is 16.4. The van der Waals surface area contributed by atoms with Crippen LogP contribution in [0.15, 0.2) is 12.1 Å². The predicted octanol–water partition coefficient (Wildman–Crippen LogP) is 1.55. The molecular formula is C18H26N6O3S. The monoisotopic (exact) mass is 406 g/mol. The molecule has 1 aliphatic carbocycles. The van der Waals surface area contributed by atoms with E-state index in [9.17, 15) is 8.42 Å². The van der Waals surface area contributed by atoms with Crippen LogP contribution in [0.5, 0.6) is 0 Å². The SMILES string of the molecule is Cc1cc(Nc2nc(N3CCOC[C@H]3C)cc(C3(CS(C)(=O)=O)CC3)n2)n[nH]1. The number of hydrogen-bond donors (Lipinski definition) is 2. The minimum Gasteiger partial charge on any atom is -0.377 e. The zero-order valence-corrected chi connectivity index (χ0v) is 17.2. The lowest BCUT2D eigenvalue weighted by Gasteiger charge is -2.34. The molecule has 2 aromatic rings. The fourth-order valence-electron chi connectivity index (χ4n) is 3.70. The van der Waals surface area contributed by atoms with E-state index < -0.39 is 15.3 Å². The number of nitrogens with one attached hydrogen (secondary N) is 2. The summed E-state index contributed by atoms with van der Waals surface area (Å²) in [5, 5.41) is 10.2. The van der Waals surface area contributed by atoms with Gasteiger partial charge in [-0.05, 0) is 26.7 Å². The van der Waals surface area contributed by atoms with E-state index in [1.165, 1.54) is 6.26 Å². The van der Waals surface area contributed by atoms with E-state index in [1.807, 2.05) is 19.1 Å². The number of rotatable bonds is 6. The number of anilines is 3. The second kappa shape index (κ2) is 7.00. The Morgan fingerprint density at radius 1 is 1.36 bits per heavy atom. The molecule has 0 amide bonds. The van der Waals surface area contributed by atoms with E-state index in [0.717, 1.165) is 36.6 Å². The highest BCUT2D eigenvalue weighted by Gasteiger charge is 2.48. The smallest absolute Gasteiger partial charge is 0.230 e. The molecule has 28 heavy (non-hydrogen) atoms. The number of hydrogen-bond acceptors (Lipinski definition) is 8. The van der Waals surface area contributed by atoms with E-state index in [-0.39, 0.29) is 11.8 Å². The van der Waals surface area contributed by atoms with Crippen molar-refractivity contribution in [3.8, 4) is 0 Å². The molecule has 0 spiro atoms. The highest BCUT2D eigenvalue weighted by molar-refractivity contribution is 7.90. The van der Waals surface area contributed by atoms with Gasteiger partial charge in [0, 0.05) is 36.0 Å². The van der Waals surface area contributed by atoms with Gasteiger partial charge in [-0.15, -0.1) is 0 Å². The maximum Gasteiger partial charge on any atom is 0.230 e. The third-order valence-electron chi connectivity index (χ3n) is 5.26. The third-order valence-corrected chi connectivity index (χ3v) is 6.33. The first-order valence-corrected chi connectivity index (χ1v) is 11.5. The van der Waals surface area contributed by atoms with Crippen LogP contribution in [-0.2, 0) is 20.0 Å². The van der Waals surface area contributed by atoms with E-state index in [1.54, 1.807) is 0 Å². The Morgan fingerprint density at radius 3 is 2.75 bits per heavy atom. The van der Waals surface area contributed by atoms with Crippen LogP contribution in [-0.4, -0.2) is 66.4 Å². The highest BCUT2D eigenvalue weighted by Crippen LogP contribution is 2.49. The van der Waals surface area contributed by atoms with Gasteiger partial charge in [-0.1, -0.05) is 0 Å². The van der Waals surface area contributed by atoms with Gasteiger partial charge >= 0.3 is 0 Å². The molecule has 2 aromatic heterocycles. The average Bonchev–Trinajstić information content (AvgIpc) is 3.27. The van der Waals surface area contributed by atoms with Crippen LogP contribution in [0.3, 0.4) is 0 Å². The molecular weight excluding hydrogens is 380 g/mol. The first kappa shape index (κ1) is 19.1. The third kappa shape index (κ3) is 4.12. The molecule has 1 atom stereocenters. The van der Waals surface area contributed by atoms with E-state index in [4.69, 9.17) is 9.72 Å². The molecule has 0 aromatic carbocycles. The summed E-state index contributed by atoms with van der Waals surface area (Å²) < 4.78 is 29.5. The number of aromatic amines is 1. The maximum atomic E-state index is 12.0. The van der Waals surface area contributed by atoms with Crippen LogP contribution >= 0.6 is 0 Å². The van der Waals surface area contributed by atoms with Crippen molar-refractivity contribution < 1.29 is 13.2 Å². The van der Waals surface area contributed by atoms with Crippen LogP contribution in [0.4, 0.5) is 17.6 Å². The van der Waals surface area contributed by atoms with Crippen molar-refractivity contribution in [2.75, 3.05) is 42.0 Å². The number of morpholine rings is 1. The van der Waals surface area contributed by atoms with Crippen molar-refractivity contribution >= 4 is 27.4 Å².